The van der Waals surface area contributed by atoms with Gasteiger partial charge in [-0.15, -0.1) is 0 Å². The van der Waals surface area contributed by atoms with E-state index < -0.39 is 17.6 Å². The van der Waals surface area contributed by atoms with Crippen molar-refractivity contribution in [2.24, 2.45) is 0 Å². The summed E-state index contributed by atoms with van der Waals surface area (Å²) in [5, 5.41) is 12.3. The van der Waals surface area contributed by atoms with E-state index in [2.05, 4.69) is 15.2 Å². The van der Waals surface area contributed by atoms with Gasteiger partial charge < -0.3 is 24.8 Å². The van der Waals surface area contributed by atoms with Crippen LogP contribution in [0.1, 0.15) is 37.7 Å². The number of aromatic nitrogens is 1. The fourth-order valence-corrected chi connectivity index (χ4v) is 4.10. The molecule has 1 fully saturated rings. The number of rotatable bonds is 10. The molecule has 2 aromatic rings. The molecule has 1 aromatic carbocycles. The van der Waals surface area contributed by atoms with Gasteiger partial charge >= 0.3 is 5.97 Å². The summed E-state index contributed by atoms with van der Waals surface area (Å²) in [5.74, 6) is -2.99. The first-order chi connectivity index (χ1) is 15.4. The summed E-state index contributed by atoms with van der Waals surface area (Å²) in [4.78, 5) is 17.4. The Morgan fingerprint density at radius 3 is 2.72 bits per heavy atom. The number of anilines is 3. The molecule has 1 aliphatic heterocycles. The van der Waals surface area contributed by atoms with Gasteiger partial charge in [0.2, 0.25) is 0 Å². The van der Waals surface area contributed by atoms with Crippen LogP contribution in [0.2, 0.25) is 0 Å². The second-order valence-electron chi connectivity index (χ2n) is 7.77. The van der Waals surface area contributed by atoms with E-state index in [4.69, 9.17) is 9.47 Å². The molecule has 0 unspecified atom stereocenters. The maximum atomic E-state index is 14.4. The summed E-state index contributed by atoms with van der Waals surface area (Å²) >= 11 is 0. The van der Waals surface area contributed by atoms with Crippen LogP contribution < -0.4 is 10.2 Å². The highest BCUT2D eigenvalue weighted by atomic mass is 19.1. The highest BCUT2D eigenvalue weighted by Crippen LogP contribution is 2.36. The first-order valence-corrected chi connectivity index (χ1v) is 10.7. The summed E-state index contributed by atoms with van der Waals surface area (Å²) in [6.07, 6.45) is 2.57. The molecule has 0 spiro atoms. The zero-order chi connectivity index (χ0) is 23.1. The minimum Gasteiger partial charge on any atom is -0.481 e. The fourth-order valence-electron chi connectivity index (χ4n) is 4.10. The molecule has 1 aliphatic rings. The van der Waals surface area contributed by atoms with E-state index in [1.54, 1.807) is 6.07 Å². The molecule has 2 N–H and O–H groups in total. The number of carboxylic acids is 1. The number of carboxylic acid groups (broad SMARTS) is 1. The highest BCUT2D eigenvalue weighted by Gasteiger charge is 2.25. The number of benzene rings is 1. The van der Waals surface area contributed by atoms with Gasteiger partial charge in [0, 0.05) is 44.9 Å². The fraction of sp³-hybridized carbons (Fsp3) is 0.478. The van der Waals surface area contributed by atoms with E-state index in [9.17, 15) is 18.7 Å². The number of halogens is 2. The van der Waals surface area contributed by atoms with Crippen LogP contribution in [-0.4, -0.2) is 55.6 Å². The third-order valence-electron chi connectivity index (χ3n) is 5.62. The van der Waals surface area contributed by atoms with Crippen molar-refractivity contribution in [2.75, 3.05) is 43.7 Å². The van der Waals surface area contributed by atoms with E-state index >= 15 is 0 Å². The third-order valence-corrected chi connectivity index (χ3v) is 5.62. The topological polar surface area (TPSA) is 83.9 Å². The number of hydrogen-bond acceptors (Lipinski definition) is 6. The lowest BCUT2D eigenvalue weighted by molar-refractivity contribution is -0.137. The van der Waals surface area contributed by atoms with Crippen LogP contribution in [-0.2, 0) is 14.3 Å². The second kappa shape index (κ2) is 11.2. The van der Waals surface area contributed by atoms with E-state index in [-0.39, 0.29) is 30.8 Å². The zero-order valence-corrected chi connectivity index (χ0v) is 18.3. The van der Waals surface area contributed by atoms with Crippen LogP contribution >= 0.6 is 0 Å². The molecule has 174 valence electrons. The van der Waals surface area contributed by atoms with Gasteiger partial charge in [-0.2, -0.15) is 0 Å². The van der Waals surface area contributed by atoms with Crippen LogP contribution in [0, 0.1) is 11.6 Å². The molecule has 3 rings (SSSR count). The van der Waals surface area contributed by atoms with Crippen LogP contribution in [0.5, 0.6) is 0 Å². The predicted molar refractivity (Wildman–Crippen MR) is 118 cm³/mol. The Hall–Kier alpha value is -2.78. The van der Waals surface area contributed by atoms with Crippen molar-refractivity contribution >= 4 is 23.2 Å². The number of nitrogens with one attached hydrogen (secondary N) is 1. The second-order valence-corrected chi connectivity index (χ2v) is 7.77. The minimum absolute atomic E-state index is 0.102. The van der Waals surface area contributed by atoms with E-state index in [0.717, 1.165) is 36.4 Å². The van der Waals surface area contributed by atoms with E-state index in [1.165, 1.54) is 7.11 Å². The quantitative estimate of drug-likeness (QED) is 0.559. The van der Waals surface area contributed by atoms with Gasteiger partial charge in [0.25, 0.3) is 0 Å². The Bertz CT molecular complexity index is 922. The van der Waals surface area contributed by atoms with Crippen molar-refractivity contribution in [1.82, 2.24) is 4.98 Å². The van der Waals surface area contributed by atoms with Gasteiger partial charge in [-0.05, 0) is 37.5 Å². The standard InChI is InChI=1S/C23H29F2N3O4/c1-3-28(18-6-8-32-9-7-18)21-5-4-15(16(14-31-2)11-22(29)30)10-20(21)27-23-19(25)12-17(24)13-26-23/h4-5,10,12-13,16,18H,3,6-9,11,14H2,1-2H3,(H,26,27)(H,29,30)/t16-/m1/s1. The summed E-state index contributed by atoms with van der Waals surface area (Å²) in [5.41, 5.74) is 2.14. The first kappa shape index (κ1) is 23.9. The number of pyridine rings is 1. The number of ether oxygens (including phenoxy) is 2. The van der Waals surface area contributed by atoms with Crippen LogP contribution in [0.25, 0.3) is 0 Å². The van der Waals surface area contributed by atoms with Crippen LogP contribution in [0.15, 0.2) is 30.5 Å². The average Bonchev–Trinajstić information content (AvgIpc) is 2.77. The Labute approximate surface area is 186 Å². The van der Waals surface area contributed by atoms with E-state index in [0.29, 0.717) is 25.4 Å². The van der Waals surface area contributed by atoms with Crippen molar-refractivity contribution in [3.8, 4) is 0 Å². The Morgan fingerprint density at radius 2 is 2.09 bits per heavy atom. The lowest BCUT2D eigenvalue weighted by Crippen LogP contribution is -2.39. The molecule has 1 aromatic heterocycles. The number of hydrogen-bond donors (Lipinski definition) is 2. The monoisotopic (exact) mass is 449 g/mol. The molecule has 1 saturated heterocycles. The molecule has 1 atom stereocenters. The van der Waals surface area contributed by atoms with Crippen molar-refractivity contribution in [3.05, 3.63) is 47.7 Å². The highest BCUT2D eigenvalue weighted by molar-refractivity contribution is 5.76. The number of carbonyl (C=O) groups is 1. The molecule has 0 aliphatic carbocycles. The lowest BCUT2D eigenvalue weighted by Gasteiger charge is -2.36. The molecule has 0 saturated carbocycles. The molecule has 32 heavy (non-hydrogen) atoms. The van der Waals surface area contributed by atoms with Gasteiger partial charge in [0.05, 0.1) is 30.6 Å². The van der Waals surface area contributed by atoms with Crippen molar-refractivity contribution < 1.29 is 28.2 Å². The van der Waals surface area contributed by atoms with Gasteiger partial charge in [0.1, 0.15) is 5.82 Å². The van der Waals surface area contributed by atoms with Gasteiger partial charge in [-0.25, -0.2) is 13.8 Å². The van der Waals surface area contributed by atoms with E-state index in [1.807, 2.05) is 19.1 Å². The Balaban J connectivity index is 2.03. The smallest absolute Gasteiger partial charge is 0.304 e. The predicted octanol–water partition coefficient (Wildman–Crippen LogP) is 4.31. The summed E-state index contributed by atoms with van der Waals surface area (Å²) in [6.45, 7) is 4.33. The summed E-state index contributed by atoms with van der Waals surface area (Å²) in [7, 11) is 1.52. The maximum absolute atomic E-state index is 14.4. The van der Waals surface area contributed by atoms with Crippen molar-refractivity contribution in [3.63, 3.8) is 0 Å². The molecule has 9 heteroatoms. The minimum atomic E-state index is -0.936. The van der Waals surface area contributed by atoms with Crippen molar-refractivity contribution in [1.29, 1.82) is 0 Å². The number of aliphatic carboxylic acids is 1. The van der Waals surface area contributed by atoms with Gasteiger partial charge in [-0.3, -0.25) is 4.79 Å². The normalized spacial score (nSPS) is 15.4. The van der Waals surface area contributed by atoms with Crippen LogP contribution in [0.4, 0.5) is 26.0 Å². The largest absolute Gasteiger partial charge is 0.481 e. The van der Waals surface area contributed by atoms with Crippen molar-refractivity contribution in [2.45, 2.75) is 38.1 Å². The third kappa shape index (κ3) is 5.92. The maximum Gasteiger partial charge on any atom is 0.304 e. The van der Waals surface area contributed by atoms with Gasteiger partial charge in [0.15, 0.2) is 11.6 Å². The van der Waals surface area contributed by atoms with Crippen LogP contribution in [0.3, 0.4) is 0 Å². The summed E-state index contributed by atoms with van der Waals surface area (Å²) in [6, 6.07) is 6.60. The lowest BCUT2D eigenvalue weighted by atomic mass is 9.95. The Morgan fingerprint density at radius 1 is 1.34 bits per heavy atom. The number of methoxy groups -OCH3 is 1. The SMILES string of the molecule is CCN(c1ccc([C@@H](COC)CC(=O)O)cc1Nc1ncc(F)cc1F)C1CCOCC1. The Kier molecular flexibility index (Phi) is 8.35. The summed E-state index contributed by atoms with van der Waals surface area (Å²) < 4.78 is 38.4. The zero-order valence-electron chi connectivity index (χ0n) is 18.3. The average molecular weight is 449 g/mol. The molecular weight excluding hydrogens is 420 g/mol. The molecular formula is C23H29F2N3O4. The molecule has 0 radical (unpaired) electrons. The molecule has 7 nitrogen and oxygen atoms in total. The van der Waals surface area contributed by atoms with Gasteiger partial charge in [-0.1, -0.05) is 6.07 Å². The number of nitrogens with zero attached hydrogens (tertiary/aromatic N) is 2. The molecule has 0 bridgehead atoms. The first-order valence-electron chi connectivity index (χ1n) is 10.7. The molecule has 0 amide bonds. The molecule has 2 heterocycles.